The molecule has 19 heavy (non-hydrogen) atoms. The Bertz CT molecular complexity index is 520. The third kappa shape index (κ3) is 3.84. The second kappa shape index (κ2) is 6.04. The first kappa shape index (κ1) is 13.1. The minimum absolute atomic E-state index is 0.157. The Morgan fingerprint density at radius 1 is 1.42 bits per heavy atom. The summed E-state index contributed by atoms with van der Waals surface area (Å²) in [5.74, 6) is 0.532. The van der Waals surface area contributed by atoms with Crippen LogP contribution in [0.5, 0.6) is 5.75 Å². The molecule has 1 unspecified atom stereocenters. The van der Waals surface area contributed by atoms with Gasteiger partial charge in [-0.15, -0.1) is 0 Å². The maximum Gasteiger partial charge on any atom is 0.261 e. The molecule has 5 heteroatoms. The van der Waals surface area contributed by atoms with Crippen LogP contribution in [0.3, 0.4) is 0 Å². The van der Waals surface area contributed by atoms with E-state index in [-0.39, 0.29) is 5.91 Å². The average Bonchev–Trinajstić information content (AvgIpc) is 2.91. The number of aryl methyl sites for hydroxylation is 1. The molecule has 5 nitrogen and oxygen atoms in total. The Balaban J connectivity index is 1.83. The molecule has 2 N–H and O–H groups in total. The van der Waals surface area contributed by atoms with Crippen molar-refractivity contribution >= 4 is 5.91 Å². The molecule has 0 radical (unpaired) electrons. The van der Waals surface area contributed by atoms with Crippen molar-refractivity contribution in [2.24, 2.45) is 0 Å². The van der Waals surface area contributed by atoms with Gasteiger partial charge < -0.3 is 15.0 Å². The molecule has 0 spiro atoms. The summed E-state index contributed by atoms with van der Waals surface area (Å²) >= 11 is 0. The van der Waals surface area contributed by atoms with Gasteiger partial charge in [-0.25, -0.2) is 4.98 Å². The highest BCUT2D eigenvalue weighted by atomic mass is 16.5. The number of amides is 1. The fourth-order valence-electron chi connectivity index (χ4n) is 1.58. The highest BCUT2D eigenvalue weighted by Crippen LogP contribution is 2.13. The number of nitrogens with zero attached hydrogens (tertiary/aromatic N) is 1. The summed E-state index contributed by atoms with van der Waals surface area (Å²) in [7, 11) is 0. The molecule has 0 saturated heterocycles. The van der Waals surface area contributed by atoms with Crippen molar-refractivity contribution in [3.8, 4) is 5.75 Å². The molecule has 1 atom stereocenters. The average molecular weight is 259 g/mol. The van der Waals surface area contributed by atoms with Gasteiger partial charge in [0.05, 0.1) is 18.6 Å². The van der Waals surface area contributed by atoms with E-state index in [1.807, 2.05) is 31.2 Å². The summed E-state index contributed by atoms with van der Waals surface area (Å²) in [6, 6.07) is 7.61. The summed E-state index contributed by atoms with van der Waals surface area (Å²) in [6.07, 6.45) is 2.71. The number of imidazole rings is 1. The van der Waals surface area contributed by atoms with E-state index in [9.17, 15) is 4.79 Å². The highest BCUT2D eigenvalue weighted by molar-refractivity contribution is 5.80. The fourth-order valence-corrected chi connectivity index (χ4v) is 1.58. The standard InChI is InChI=1S/C14H17N3O2/c1-10-3-5-13(6-4-10)19-11(2)14(18)16-8-12-7-15-9-17-12/h3-7,9,11H,8H2,1-2H3,(H,15,17)(H,16,18). The first-order valence-electron chi connectivity index (χ1n) is 6.13. The van der Waals surface area contributed by atoms with Gasteiger partial charge >= 0.3 is 0 Å². The summed E-state index contributed by atoms with van der Waals surface area (Å²) in [5, 5.41) is 2.78. The number of carbonyl (C=O) groups is 1. The maximum atomic E-state index is 11.8. The Morgan fingerprint density at radius 3 is 2.79 bits per heavy atom. The number of rotatable bonds is 5. The van der Waals surface area contributed by atoms with Gasteiger partial charge in [-0.2, -0.15) is 0 Å². The van der Waals surface area contributed by atoms with Crippen molar-refractivity contribution in [3.05, 3.63) is 48.0 Å². The molecular weight excluding hydrogens is 242 g/mol. The molecule has 0 saturated carbocycles. The third-order valence-electron chi connectivity index (χ3n) is 2.71. The van der Waals surface area contributed by atoms with E-state index in [1.165, 1.54) is 0 Å². The molecule has 0 fully saturated rings. The molecule has 1 aromatic carbocycles. The van der Waals surface area contributed by atoms with Gasteiger partial charge in [0.15, 0.2) is 6.10 Å². The number of hydrogen-bond donors (Lipinski definition) is 2. The lowest BCUT2D eigenvalue weighted by Crippen LogP contribution is -2.35. The Hall–Kier alpha value is -2.30. The van der Waals surface area contributed by atoms with Crippen molar-refractivity contribution in [3.63, 3.8) is 0 Å². The number of benzene rings is 1. The van der Waals surface area contributed by atoms with E-state index < -0.39 is 6.10 Å². The first-order chi connectivity index (χ1) is 9.15. The van der Waals surface area contributed by atoms with Crippen LogP contribution >= 0.6 is 0 Å². The SMILES string of the molecule is Cc1ccc(OC(C)C(=O)NCc2cnc[nH]2)cc1. The number of aromatic amines is 1. The minimum Gasteiger partial charge on any atom is -0.481 e. The van der Waals surface area contributed by atoms with Crippen LogP contribution in [0.2, 0.25) is 0 Å². The molecular formula is C14H17N3O2. The summed E-state index contributed by atoms with van der Waals surface area (Å²) in [5.41, 5.74) is 2.01. The Kier molecular flexibility index (Phi) is 4.18. The number of H-pyrrole nitrogens is 1. The molecule has 1 heterocycles. The zero-order valence-electron chi connectivity index (χ0n) is 11.0. The predicted molar refractivity (Wildman–Crippen MR) is 71.7 cm³/mol. The van der Waals surface area contributed by atoms with Crippen LogP contribution in [0, 0.1) is 6.92 Å². The zero-order valence-corrected chi connectivity index (χ0v) is 11.0. The number of nitrogens with one attached hydrogen (secondary N) is 2. The molecule has 2 rings (SSSR count). The molecule has 1 amide bonds. The van der Waals surface area contributed by atoms with Gasteiger partial charge in [0.25, 0.3) is 5.91 Å². The van der Waals surface area contributed by atoms with Crippen LogP contribution < -0.4 is 10.1 Å². The van der Waals surface area contributed by atoms with E-state index >= 15 is 0 Å². The lowest BCUT2D eigenvalue weighted by molar-refractivity contribution is -0.127. The van der Waals surface area contributed by atoms with Gasteiger partial charge in [0, 0.05) is 6.20 Å². The molecule has 1 aromatic heterocycles. The first-order valence-corrected chi connectivity index (χ1v) is 6.13. The van der Waals surface area contributed by atoms with Crippen LogP contribution in [0.4, 0.5) is 0 Å². The number of carbonyl (C=O) groups excluding carboxylic acids is 1. The van der Waals surface area contributed by atoms with Crippen molar-refractivity contribution in [2.45, 2.75) is 26.5 Å². The van der Waals surface area contributed by atoms with Gasteiger partial charge in [0.2, 0.25) is 0 Å². The smallest absolute Gasteiger partial charge is 0.261 e. The second-order valence-corrected chi connectivity index (χ2v) is 4.37. The topological polar surface area (TPSA) is 67.0 Å². The van der Waals surface area contributed by atoms with Crippen molar-refractivity contribution in [1.29, 1.82) is 0 Å². The van der Waals surface area contributed by atoms with Crippen LogP contribution in [-0.4, -0.2) is 22.0 Å². The van der Waals surface area contributed by atoms with Crippen LogP contribution in [0.15, 0.2) is 36.8 Å². The second-order valence-electron chi connectivity index (χ2n) is 4.37. The summed E-state index contributed by atoms with van der Waals surface area (Å²) in [4.78, 5) is 18.6. The lowest BCUT2D eigenvalue weighted by Gasteiger charge is -2.14. The van der Waals surface area contributed by atoms with E-state index in [0.717, 1.165) is 11.3 Å². The Morgan fingerprint density at radius 2 is 2.16 bits per heavy atom. The quantitative estimate of drug-likeness (QED) is 0.860. The monoisotopic (exact) mass is 259 g/mol. The van der Waals surface area contributed by atoms with Gasteiger partial charge in [-0.05, 0) is 26.0 Å². The maximum absolute atomic E-state index is 11.8. The molecule has 0 aliphatic carbocycles. The largest absolute Gasteiger partial charge is 0.481 e. The van der Waals surface area contributed by atoms with Gasteiger partial charge in [-0.1, -0.05) is 17.7 Å². The van der Waals surface area contributed by atoms with E-state index in [4.69, 9.17) is 4.74 Å². The number of aromatic nitrogens is 2. The fraction of sp³-hybridized carbons (Fsp3) is 0.286. The van der Waals surface area contributed by atoms with Gasteiger partial charge in [-0.3, -0.25) is 4.79 Å². The number of ether oxygens (including phenoxy) is 1. The summed E-state index contributed by atoms with van der Waals surface area (Å²) in [6.45, 7) is 4.15. The van der Waals surface area contributed by atoms with Crippen molar-refractivity contribution < 1.29 is 9.53 Å². The normalized spacial score (nSPS) is 11.9. The van der Waals surface area contributed by atoms with Crippen LogP contribution in [-0.2, 0) is 11.3 Å². The highest BCUT2D eigenvalue weighted by Gasteiger charge is 2.14. The lowest BCUT2D eigenvalue weighted by atomic mass is 10.2. The molecule has 100 valence electrons. The van der Waals surface area contributed by atoms with Gasteiger partial charge in [0.1, 0.15) is 5.75 Å². The molecule has 0 aliphatic heterocycles. The van der Waals surface area contributed by atoms with E-state index in [2.05, 4.69) is 15.3 Å². The summed E-state index contributed by atoms with van der Waals surface area (Å²) < 4.78 is 5.56. The van der Waals surface area contributed by atoms with Crippen molar-refractivity contribution in [2.75, 3.05) is 0 Å². The minimum atomic E-state index is -0.536. The third-order valence-corrected chi connectivity index (χ3v) is 2.71. The number of hydrogen-bond acceptors (Lipinski definition) is 3. The zero-order chi connectivity index (χ0) is 13.7. The van der Waals surface area contributed by atoms with Crippen LogP contribution in [0.25, 0.3) is 0 Å². The van der Waals surface area contributed by atoms with Crippen molar-refractivity contribution in [1.82, 2.24) is 15.3 Å². The van der Waals surface area contributed by atoms with Crippen LogP contribution in [0.1, 0.15) is 18.2 Å². The molecule has 0 bridgehead atoms. The molecule has 2 aromatic rings. The Labute approximate surface area is 112 Å². The van der Waals surface area contributed by atoms with E-state index in [1.54, 1.807) is 19.4 Å². The predicted octanol–water partition coefficient (Wildman–Crippen LogP) is 1.80. The molecule has 0 aliphatic rings. The van der Waals surface area contributed by atoms with E-state index in [0.29, 0.717) is 12.3 Å².